The van der Waals surface area contributed by atoms with E-state index in [4.69, 9.17) is 0 Å². The molecule has 0 radical (unpaired) electrons. The highest BCUT2D eigenvalue weighted by molar-refractivity contribution is 5.15. The molecule has 2 heterocycles. The number of hydrogen-bond donors (Lipinski definition) is 1. The number of likely N-dealkylation sites (tertiary alicyclic amines) is 1. The highest BCUT2D eigenvalue weighted by atomic mass is 15.2. The van der Waals surface area contributed by atoms with Crippen molar-refractivity contribution in [3.05, 3.63) is 35.9 Å². The van der Waals surface area contributed by atoms with Gasteiger partial charge in [-0.1, -0.05) is 37.8 Å². The lowest BCUT2D eigenvalue weighted by Gasteiger charge is -2.22. The van der Waals surface area contributed by atoms with Crippen LogP contribution in [0.5, 0.6) is 0 Å². The second kappa shape index (κ2) is 5.19. The third-order valence-electron chi connectivity index (χ3n) is 4.10. The van der Waals surface area contributed by atoms with Gasteiger partial charge in [0, 0.05) is 19.6 Å². The van der Waals surface area contributed by atoms with Crippen molar-refractivity contribution in [2.45, 2.75) is 26.8 Å². The minimum atomic E-state index is 0. The number of benzene rings is 1. The summed E-state index contributed by atoms with van der Waals surface area (Å²) in [6.45, 7) is 6.14. The molecule has 3 rings (SSSR count). The summed E-state index contributed by atoms with van der Waals surface area (Å²) >= 11 is 0. The van der Waals surface area contributed by atoms with Crippen LogP contribution in [0.3, 0.4) is 0 Å². The molecule has 1 unspecified atom stereocenters. The van der Waals surface area contributed by atoms with Crippen molar-refractivity contribution in [1.29, 1.82) is 0 Å². The molecular weight excluding hydrogens is 208 g/mol. The van der Waals surface area contributed by atoms with Crippen LogP contribution in [0.25, 0.3) is 0 Å². The summed E-state index contributed by atoms with van der Waals surface area (Å²) in [5.74, 6) is 0. The molecule has 2 aliphatic heterocycles. The van der Waals surface area contributed by atoms with Gasteiger partial charge in [0.25, 0.3) is 0 Å². The molecule has 2 fully saturated rings. The van der Waals surface area contributed by atoms with Gasteiger partial charge in [-0.25, -0.2) is 0 Å². The average molecular weight is 232 g/mol. The Morgan fingerprint density at radius 2 is 2.00 bits per heavy atom. The molecule has 0 amide bonds. The van der Waals surface area contributed by atoms with E-state index in [9.17, 15) is 0 Å². The Bertz CT molecular complexity index is 341. The highest BCUT2D eigenvalue weighted by Gasteiger charge is 2.39. The Kier molecular flexibility index (Phi) is 3.85. The second-order valence-corrected chi connectivity index (χ2v) is 5.37. The maximum atomic E-state index is 3.51. The fourth-order valence-corrected chi connectivity index (χ4v) is 3.15. The van der Waals surface area contributed by atoms with Gasteiger partial charge in [0.1, 0.15) is 0 Å². The monoisotopic (exact) mass is 232 g/mol. The van der Waals surface area contributed by atoms with E-state index >= 15 is 0 Å². The van der Waals surface area contributed by atoms with E-state index in [2.05, 4.69) is 40.5 Å². The van der Waals surface area contributed by atoms with Crippen molar-refractivity contribution in [3.63, 3.8) is 0 Å². The zero-order chi connectivity index (χ0) is 10.8. The van der Waals surface area contributed by atoms with Crippen LogP contribution in [0, 0.1) is 5.41 Å². The molecule has 0 bridgehead atoms. The van der Waals surface area contributed by atoms with Gasteiger partial charge in [-0.15, -0.1) is 0 Å². The summed E-state index contributed by atoms with van der Waals surface area (Å²) in [6, 6.07) is 10.8. The first-order valence-corrected chi connectivity index (χ1v) is 6.33. The zero-order valence-electron chi connectivity index (χ0n) is 9.78. The number of rotatable bonds is 2. The van der Waals surface area contributed by atoms with Crippen LogP contribution >= 0.6 is 0 Å². The zero-order valence-corrected chi connectivity index (χ0v) is 9.78. The van der Waals surface area contributed by atoms with Crippen molar-refractivity contribution in [2.24, 2.45) is 5.41 Å². The maximum absolute atomic E-state index is 3.51. The molecule has 17 heavy (non-hydrogen) atoms. The Morgan fingerprint density at radius 3 is 2.71 bits per heavy atom. The largest absolute Gasteiger partial charge is 0.316 e. The minimum absolute atomic E-state index is 0. The number of hydrogen-bond acceptors (Lipinski definition) is 2. The second-order valence-electron chi connectivity index (χ2n) is 5.37. The first-order valence-electron chi connectivity index (χ1n) is 6.33. The molecule has 1 spiro atoms. The normalized spacial score (nSPS) is 28.5. The van der Waals surface area contributed by atoms with Gasteiger partial charge < -0.3 is 5.32 Å². The van der Waals surface area contributed by atoms with Gasteiger partial charge >= 0.3 is 0 Å². The summed E-state index contributed by atoms with van der Waals surface area (Å²) in [4.78, 5) is 2.61. The molecule has 94 valence electrons. The van der Waals surface area contributed by atoms with Crippen LogP contribution in [-0.4, -0.2) is 31.1 Å². The van der Waals surface area contributed by atoms with E-state index in [0.717, 1.165) is 6.54 Å². The van der Waals surface area contributed by atoms with Crippen LogP contribution in [-0.2, 0) is 6.54 Å². The number of nitrogens with one attached hydrogen (secondary N) is 1. The quantitative estimate of drug-likeness (QED) is 0.843. The van der Waals surface area contributed by atoms with E-state index in [-0.39, 0.29) is 7.43 Å². The van der Waals surface area contributed by atoms with Crippen LogP contribution in [0.15, 0.2) is 30.3 Å². The molecule has 1 atom stereocenters. The molecule has 0 aliphatic carbocycles. The lowest BCUT2D eigenvalue weighted by atomic mass is 9.87. The molecule has 2 saturated heterocycles. The molecule has 2 aliphatic rings. The smallest absolute Gasteiger partial charge is 0.0233 e. The standard InChI is InChI=1S/C14H20N2.CH4/c1-2-4-13(5-3-1)10-16-9-7-14(12-16)6-8-15-11-14;/h1-5,15H,6-12H2;1H4. The Balaban J connectivity index is 0.00000108. The van der Waals surface area contributed by atoms with Gasteiger partial charge in [-0.2, -0.15) is 0 Å². The molecular formula is C15H24N2. The minimum Gasteiger partial charge on any atom is -0.316 e. The lowest BCUT2D eigenvalue weighted by Crippen LogP contribution is -2.28. The van der Waals surface area contributed by atoms with Crippen molar-refractivity contribution in [1.82, 2.24) is 10.2 Å². The van der Waals surface area contributed by atoms with Crippen molar-refractivity contribution < 1.29 is 0 Å². The Labute approximate surface area is 105 Å². The third kappa shape index (κ3) is 2.70. The molecule has 1 N–H and O–H groups in total. The van der Waals surface area contributed by atoms with Crippen LogP contribution in [0.1, 0.15) is 25.8 Å². The fraction of sp³-hybridized carbons (Fsp3) is 0.600. The SMILES string of the molecule is C.c1ccc(CN2CCC3(CCNC3)C2)cc1. The maximum Gasteiger partial charge on any atom is 0.0233 e. The summed E-state index contributed by atoms with van der Waals surface area (Å²) in [5, 5.41) is 3.51. The van der Waals surface area contributed by atoms with E-state index in [1.54, 1.807) is 0 Å². The predicted octanol–water partition coefficient (Wildman–Crippen LogP) is 2.51. The van der Waals surface area contributed by atoms with Gasteiger partial charge in [0.2, 0.25) is 0 Å². The van der Waals surface area contributed by atoms with E-state index in [0.29, 0.717) is 5.41 Å². The molecule has 0 aromatic heterocycles. The topological polar surface area (TPSA) is 15.3 Å². The van der Waals surface area contributed by atoms with Crippen molar-refractivity contribution in [3.8, 4) is 0 Å². The van der Waals surface area contributed by atoms with Crippen LogP contribution < -0.4 is 5.32 Å². The predicted molar refractivity (Wildman–Crippen MR) is 73.0 cm³/mol. The third-order valence-corrected chi connectivity index (χ3v) is 4.10. The molecule has 0 saturated carbocycles. The molecule has 2 nitrogen and oxygen atoms in total. The first-order chi connectivity index (χ1) is 7.86. The Morgan fingerprint density at radius 1 is 1.18 bits per heavy atom. The Hall–Kier alpha value is -0.860. The van der Waals surface area contributed by atoms with Crippen LogP contribution in [0.2, 0.25) is 0 Å². The van der Waals surface area contributed by atoms with Crippen LogP contribution in [0.4, 0.5) is 0 Å². The summed E-state index contributed by atoms with van der Waals surface area (Å²) < 4.78 is 0. The summed E-state index contributed by atoms with van der Waals surface area (Å²) in [5.41, 5.74) is 2.06. The highest BCUT2D eigenvalue weighted by Crippen LogP contribution is 2.36. The molecule has 2 heteroatoms. The fourth-order valence-electron chi connectivity index (χ4n) is 3.15. The number of nitrogens with zero attached hydrogens (tertiary/aromatic N) is 1. The van der Waals surface area contributed by atoms with Gasteiger partial charge in [0.15, 0.2) is 0 Å². The first kappa shape index (κ1) is 12.6. The van der Waals surface area contributed by atoms with Gasteiger partial charge in [-0.05, 0) is 36.9 Å². The molecule has 1 aromatic carbocycles. The van der Waals surface area contributed by atoms with Crippen molar-refractivity contribution >= 4 is 0 Å². The van der Waals surface area contributed by atoms with E-state index < -0.39 is 0 Å². The van der Waals surface area contributed by atoms with Crippen molar-refractivity contribution in [2.75, 3.05) is 26.2 Å². The van der Waals surface area contributed by atoms with Gasteiger partial charge in [-0.3, -0.25) is 4.90 Å². The molecule has 1 aromatic rings. The van der Waals surface area contributed by atoms with E-state index in [1.165, 1.54) is 44.6 Å². The van der Waals surface area contributed by atoms with E-state index in [1.807, 2.05) is 0 Å². The summed E-state index contributed by atoms with van der Waals surface area (Å²) in [7, 11) is 0. The van der Waals surface area contributed by atoms with Gasteiger partial charge in [0.05, 0.1) is 0 Å². The lowest BCUT2D eigenvalue weighted by molar-refractivity contribution is 0.268. The summed E-state index contributed by atoms with van der Waals surface area (Å²) in [6.07, 6.45) is 2.76. The average Bonchev–Trinajstić information content (AvgIpc) is 2.92.